The summed E-state index contributed by atoms with van der Waals surface area (Å²) in [5, 5.41) is 0. The van der Waals surface area contributed by atoms with Gasteiger partial charge in [0, 0.05) is 0 Å². The Morgan fingerprint density at radius 1 is 0.667 bits per heavy atom. The predicted octanol–water partition coefficient (Wildman–Crippen LogP) is -5.65. The van der Waals surface area contributed by atoms with E-state index in [0.717, 1.165) is 0 Å². The topological polar surface area (TPSA) is 172 Å². The maximum atomic E-state index is 8.55. The molecule has 0 aromatic heterocycles. The summed E-state index contributed by atoms with van der Waals surface area (Å²) in [5.41, 5.74) is 0. The fourth-order valence-electron chi connectivity index (χ4n) is 0. The largest absolute Gasteiger partial charge is 4.00 e. The molecule has 0 heterocycles. The first kappa shape index (κ1) is 23.5. The molecule has 12 heavy (non-hydrogen) atoms. The van der Waals surface area contributed by atoms with Crippen LogP contribution in [0.1, 0.15) is 0 Å². The van der Waals surface area contributed by atoms with Crippen LogP contribution in [0.3, 0.4) is 0 Å². The third-order valence-electron chi connectivity index (χ3n) is 0. The molecular weight excluding hydrogens is 347 g/mol. The van der Waals surface area contributed by atoms with E-state index in [4.69, 9.17) is 38.5 Å². The van der Waals surface area contributed by atoms with Gasteiger partial charge >= 0.3 is 45.7 Å². The maximum Gasteiger partial charge on any atom is 4.00 e. The Morgan fingerprint density at radius 2 is 0.667 bits per heavy atom. The minimum absolute atomic E-state index is 0. The maximum absolute atomic E-state index is 8.55. The van der Waals surface area contributed by atoms with Crippen LogP contribution in [0.15, 0.2) is 0 Å². The Kier molecular flexibility index (Phi) is 18.2. The van der Waals surface area contributed by atoms with Crippen LogP contribution in [0, 0.1) is 0 Å². The van der Waals surface area contributed by atoms with E-state index < -0.39 is 15.6 Å². The number of phosphoric acid groups is 2. The van der Waals surface area contributed by atoms with Crippen LogP contribution in [0.25, 0.3) is 0 Å². The molecule has 0 saturated carbocycles. The smallest absolute Gasteiger partial charge is 0.822 e. The molecule has 8 nitrogen and oxygen atoms in total. The van der Waals surface area contributed by atoms with Gasteiger partial charge in [-0.25, -0.2) is 0 Å². The van der Waals surface area contributed by atoms with Crippen molar-refractivity contribution in [3.63, 3.8) is 0 Å². The summed E-state index contributed by atoms with van der Waals surface area (Å²) in [6.07, 6.45) is 0. The average Bonchev–Trinajstić information content (AvgIpc) is 1.12. The van der Waals surface area contributed by atoms with E-state index in [9.17, 15) is 0 Å². The zero-order valence-electron chi connectivity index (χ0n) is 5.37. The molecular formula is O8P2ZnZr. The molecule has 64 valence electrons. The monoisotopic (exact) mass is 344 g/mol. The fraction of sp³-hybridized carbons (Fsp3) is 0. The molecule has 0 N–H and O–H groups in total. The zero-order chi connectivity index (χ0) is 9.00. The predicted molar refractivity (Wildman–Crippen MR) is 15.2 cm³/mol. The summed E-state index contributed by atoms with van der Waals surface area (Å²) >= 11 is 0. The average molecular weight is 347 g/mol. The van der Waals surface area contributed by atoms with Crippen molar-refractivity contribution >= 4 is 15.6 Å². The second-order valence-corrected chi connectivity index (χ2v) is 2.68. The van der Waals surface area contributed by atoms with Gasteiger partial charge in [-0.3, -0.25) is 0 Å². The van der Waals surface area contributed by atoms with Crippen LogP contribution in [0.2, 0.25) is 0 Å². The first-order valence-electron chi connectivity index (χ1n) is 1.46. The molecule has 0 fully saturated rings. The third-order valence-corrected chi connectivity index (χ3v) is 0. The normalized spacial score (nSPS) is 9.83. The van der Waals surface area contributed by atoms with E-state index in [1.807, 2.05) is 0 Å². The molecule has 0 aromatic carbocycles. The van der Waals surface area contributed by atoms with E-state index >= 15 is 0 Å². The number of hydrogen-bond acceptors (Lipinski definition) is 8. The van der Waals surface area contributed by atoms with Gasteiger partial charge in [0.15, 0.2) is 0 Å². The number of hydrogen-bond donors (Lipinski definition) is 0. The van der Waals surface area contributed by atoms with Crippen LogP contribution in [0.5, 0.6) is 0 Å². The van der Waals surface area contributed by atoms with Crippen molar-refractivity contribution in [2.45, 2.75) is 0 Å². The molecule has 0 atom stereocenters. The van der Waals surface area contributed by atoms with Gasteiger partial charge in [0.1, 0.15) is 0 Å². The van der Waals surface area contributed by atoms with Crippen molar-refractivity contribution < 1.29 is 84.2 Å². The van der Waals surface area contributed by atoms with Crippen molar-refractivity contribution in [2.24, 2.45) is 0 Å². The van der Waals surface area contributed by atoms with Gasteiger partial charge in [-0.2, -0.15) is 15.6 Å². The van der Waals surface area contributed by atoms with E-state index in [0.29, 0.717) is 0 Å². The molecule has 0 radical (unpaired) electrons. The van der Waals surface area contributed by atoms with Gasteiger partial charge in [-0.1, -0.05) is 0 Å². The second-order valence-electron chi connectivity index (χ2n) is 0.894. The zero-order valence-corrected chi connectivity index (χ0v) is 12.6. The van der Waals surface area contributed by atoms with E-state index in [2.05, 4.69) is 0 Å². The van der Waals surface area contributed by atoms with Gasteiger partial charge in [0.2, 0.25) is 0 Å². The Hall–Kier alpha value is 1.73. The SMILES string of the molecule is O=P([O-])([O-])[O-].O=P([O-])([O-])[O-].[Zn+2].[Zr+4]. The third kappa shape index (κ3) is 453. The summed E-state index contributed by atoms with van der Waals surface area (Å²) in [6, 6.07) is 0. The molecule has 0 unspecified atom stereocenters. The summed E-state index contributed by atoms with van der Waals surface area (Å²) < 4.78 is 17.1. The van der Waals surface area contributed by atoms with E-state index in [-0.39, 0.29) is 45.7 Å². The Balaban J connectivity index is -0.0000000457. The molecule has 0 aliphatic rings. The number of rotatable bonds is 0. The molecule has 0 rings (SSSR count). The van der Waals surface area contributed by atoms with Crippen molar-refractivity contribution in [1.82, 2.24) is 0 Å². The quantitative estimate of drug-likeness (QED) is 0.308. The molecule has 0 aliphatic carbocycles. The minimum Gasteiger partial charge on any atom is -0.822 e. The molecule has 0 amide bonds. The fourth-order valence-corrected chi connectivity index (χ4v) is 0. The molecule has 12 heteroatoms. The van der Waals surface area contributed by atoms with Crippen LogP contribution >= 0.6 is 15.6 Å². The Bertz CT molecular complexity index is 129. The summed E-state index contributed by atoms with van der Waals surface area (Å²) in [5.74, 6) is 0. The first-order chi connectivity index (χ1) is 4.00. The van der Waals surface area contributed by atoms with Gasteiger partial charge in [0.05, 0.1) is 0 Å². The summed E-state index contributed by atoms with van der Waals surface area (Å²) in [7, 11) is -10.8. The Labute approximate surface area is 99.4 Å². The molecule has 0 bridgehead atoms. The summed E-state index contributed by atoms with van der Waals surface area (Å²) in [6.45, 7) is 0. The van der Waals surface area contributed by atoms with Crippen molar-refractivity contribution in [1.29, 1.82) is 0 Å². The molecule has 0 aliphatic heterocycles. The molecule has 0 saturated heterocycles. The standard InChI is InChI=1S/2H3O4P.Zn.Zr/c2*1-5(2,3)4;;/h2*(H3,1,2,3,4);;/q;;+2;+4/p-6. The van der Waals surface area contributed by atoms with Gasteiger partial charge in [-0.15, -0.1) is 0 Å². The van der Waals surface area contributed by atoms with Crippen LogP contribution in [-0.4, -0.2) is 0 Å². The Morgan fingerprint density at radius 3 is 0.667 bits per heavy atom. The molecule has 0 aromatic rings. The van der Waals surface area contributed by atoms with E-state index in [1.54, 1.807) is 0 Å². The van der Waals surface area contributed by atoms with Crippen LogP contribution in [0.4, 0.5) is 0 Å². The van der Waals surface area contributed by atoms with Crippen LogP contribution < -0.4 is 29.4 Å². The minimum atomic E-state index is -5.39. The van der Waals surface area contributed by atoms with Gasteiger partial charge in [0.25, 0.3) is 0 Å². The molecule has 0 spiro atoms. The summed E-state index contributed by atoms with van der Waals surface area (Å²) in [4.78, 5) is 51.3. The second kappa shape index (κ2) is 9.29. The van der Waals surface area contributed by atoms with Gasteiger partial charge in [-0.05, 0) is 0 Å². The van der Waals surface area contributed by atoms with Crippen molar-refractivity contribution in [2.75, 3.05) is 0 Å². The first-order valence-corrected chi connectivity index (χ1v) is 4.38. The van der Waals surface area contributed by atoms with Crippen LogP contribution in [-0.2, 0) is 54.8 Å². The van der Waals surface area contributed by atoms with E-state index in [1.165, 1.54) is 0 Å². The van der Waals surface area contributed by atoms with Gasteiger partial charge < -0.3 is 38.5 Å². The van der Waals surface area contributed by atoms with Crippen molar-refractivity contribution in [3.05, 3.63) is 0 Å². The van der Waals surface area contributed by atoms with Crippen molar-refractivity contribution in [3.8, 4) is 0 Å².